The Balaban J connectivity index is 1.24. The third kappa shape index (κ3) is 3.97. The third-order valence-electron chi connectivity index (χ3n) is 10.1. The minimum atomic E-state index is 0.905. The fourth-order valence-electron chi connectivity index (χ4n) is 7.95. The van der Waals surface area contributed by atoms with Crippen LogP contribution in [-0.2, 0) is 0 Å². The molecule has 0 aliphatic heterocycles. The predicted molar refractivity (Wildman–Crippen MR) is 213 cm³/mol. The summed E-state index contributed by atoms with van der Waals surface area (Å²) in [4.78, 5) is 2.48. The number of hydrogen-bond donors (Lipinski definition) is 0. The van der Waals surface area contributed by atoms with Gasteiger partial charge in [-0.1, -0.05) is 97.1 Å². The third-order valence-corrected chi connectivity index (χ3v) is 11.3. The molecule has 3 aromatic heterocycles. The minimum absolute atomic E-state index is 0.905. The molecular formula is C46H28N2OS. The normalized spacial score (nSPS) is 12.0. The topological polar surface area (TPSA) is 21.3 Å². The maximum atomic E-state index is 6.36. The van der Waals surface area contributed by atoms with Crippen LogP contribution < -0.4 is 4.90 Å². The van der Waals surface area contributed by atoms with E-state index in [0.717, 1.165) is 50.1 Å². The van der Waals surface area contributed by atoms with Crippen molar-refractivity contribution in [2.45, 2.75) is 0 Å². The number of hydrogen-bond acceptors (Lipinski definition) is 3. The molecule has 50 heavy (non-hydrogen) atoms. The highest BCUT2D eigenvalue weighted by Gasteiger charge is 2.23. The monoisotopic (exact) mass is 656 g/mol. The first-order valence-electron chi connectivity index (χ1n) is 16.9. The fraction of sp³-hybridized carbons (Fsp3) is 0. The van der Waals surface area contributed by atoms with Gasteiger partial charge in [-0.3, -0.25) is 0 Å². The van der Waals surface area contributed by atoms with Gasteiger partial charge in [0, 0.05) is 48.4 Å². The van der Waals surface area contributed by atoms with Crippen molar-refractivity contribution in [2.75, 3.05) is 4.90 Å². The summed E-state index contributed by atoms with van der Waals surface area (Å²) in [7, 11) is 0. The van der Waals surface area contributed by atoms with E-state index in [1.165, 1.54) is 47.4 Å². The van der Waals surface area contributed by atoms with Crippen molar-refractivity contribution in [3.8, 4) is 5.69 Å². The van der Waals surface area contributed by atoms with Crippen molar-refractivity contribution in [1.82, 2.24) is 4.57 Å². The molecule has 0 atom stereocenters. The summed E-state index contributed by atoms with van der Waals surface area (Å²) in [5, 5.41) is 9.63. The van der Waals surface area contributed by atoms with Gasteiger partial charge in [0.15, 0.2) is 0 Å². The minimum Gasteiger partial charge on any atom is -0.456 e. The Morgan fingerprint density at radius 1 is 0.460 bits per heavy atom. The Hall–Kier alpha value is -6.36. The summed E-state index contributed by atoms with van der Waals surface area (Å²) in [5.74, 6) is 0. The molecule has 11 rings (SSSR count). The van der Waals surface area contributed by atoms with E-state index in [9.17, 15) is 0 Å². The number of rotatable bonds is 4. The molecule has 0 saturated heterocycles. The first-order valence-corrected chi connectivity index (χ1v) is 17.7. The van der Waals surface area contributed by atoms with Crippen molar-refractivity contribution < 1.29 is 4.42 Å². The van der Waals surface area contributed by atoms with Gasteiger partial charge < -0.3 is 13.9 Å². The zero-order valence-corrected chi connectivity index (χ0v) is 27.7. The molecule has 4 heteroatoms. The molecule has 3 nitrogen and oxygen atoms in total. The van der Waals surface area contributed by atoms with Gasteiger partial charge >= 0.3 is 0 Å². The summed E-state index contributed by atoms with van der Waals surface area (Å²) in [6.07, 6.45) is 0. The van der Waals surface area contributed by atoms with E-state index < -0.39 is 0 Å². The summed E-state index contributed by atoms with van der Waals surface area (Å²) >= 11 is 1.86. The second-order valence-electron chi connectivity index (χ2n) is 12.9. The van der Waals surface area contributed by atoms with E-state index >= 15 is 0 Å². The van der Waals surface area contributed by atoms with Crippen LogP contribution in [0.5, 0.6) is 0 Å². The smallest absolute Gasteiger partial charge is 0.136 e. The summed E-state index contributed by atoms with van der Waals surface area (Å²) in [5.41, 5.74) is 8.73. The molecule has 0 aliphatic carbocycles. The van der Waals surface area contributed by atoms with Crippen molar-refractivity contribution in [3.63, 3.8) is 0 Å². The molecular weight excluding hydrogens is 629 g/mol. The van der Waals surface area contributed by atoms with Gasteiger partial charge in [-0.2, -0.15) is 0 Å². The maximum absolute atomic E-state index is 6.36. The van der Waals surface area contributed by atoms with E-state index in [2.05, 4.69) is 167 Å². The number of nitrogens with zero attached hydrogens (tertiary/aromatic N) is 2. The Kier molecular flexibility index (Phi) is 5.83. The standard InChI is InChI=1S/C46H28N2OS/c1-2-12-31(13-3-1)47-38-18-7-4-16-36(38)45-39(47)19-11-20-40(45)48(41-21-10-17-35-34-15-6-9-23-44(34)50-46(35)41)32-25-24-29-27-37-33-14-5-8-22-42(33)49-43(37)28-30(29)26-32/h1-28H. The van der Waals surface area contributed by atoms with Crippen molar-refractivity contribution >= 4 is 103 Å². The van der Waals surface area contributed by atoms with E-state index in [-0.39, 0.29) is 0 Å². The van der Waals surface area contributed by atoms with Crippen LogP contribution in [-0.4, -0.2) is 4.57 Å². The summed E-state index contributed by atoms with van der Waals surface area (Å²) in [6.45, 7) is 0. The van der Waals surface area contributed by atoms with Gasteiger partial charge in [0.05, 0.1) is 27.1 Å². The molecule has 234 valence electrons. The molecule has 8 aromatic carbocycles. The number of fused-ring (bicyclic) bond motifs is 10. The lowest BCUT2D eigenvalue weighted by atomic mass is 10.0. The van der Waals surface area contributed by atoms with Crippen LogP contribution in [0.4, 0.5) is 17.1 Å². The van der Waals surface area contributed by atoms with Crippen LogP contribution in [0.25, 0.3) is 80.4 Å². The van der Waals surface area contributed by atoms with Crippen LogP contribution in [0, 0.1) is 0 Å². The lowest BCUT2D eigenvalue weighted by molar-refractivity contribution is 0.669. The number of para-hydroxylation sites is 3. The van der Waals surface area contributed by atoms with E-state index in [4.69, 9.17) is 4.42 Å². The Morgan fingerprint density at radius 2 is 1.18 bits per heavy atom. The van der Waals surface area contributed by atoms with E-state index in [1.54, 1.807) is 0 Å². The molecule has 0 spiro atoms. The fourth-order valence-corrected chi connectivity index (χ4v) is 9.16. The molecule has 0 aliphatic rings. The highest BCUT2D eigenvalue weighted by molar-refractivity contribution is 7.26. The van der Waals surface area contributed by atoms with Crippen molar-refractivity contribution in [3.05, 3.63) is 170 Å². The number of anilines is 3. The van der Waals surface area contributed by atoms with Crippen LogP contribution in [0.1, 0.15) is 0 Å². The Morgan fingerprint density at radius 3 is 2.10 bits per heavy atom. The second kappa shape index (κ2) is 10.6. The zero-order valence-electron chi connectivity index (χ0n) is 26.9. The van der Waals surface area contributed by atoms with Gasteiger partial charge in [-0.05, 0) is 83.6 Å². The average molecular weight is 657 g/mol. The number of aromatic nitrogens is 1. The lowest BCUT2D eigenvalue weighted by Crippen LogP contribution is -2.10. The summed E-state index contributed by atoms with van der Waals surface area (Å²) in [6, 6.07) is 61.3. The molecule has 0 fully saturated rings. The highest BCUT2D eigenvalue weighted by Crippen LogP contribution is 2.48. The molecule has 0 unspecified atom stereocenters. The van der Waals surface area contributed by atoms with Crippen molar-refractivity contribution in [2.24, 2.45) is 0 Å². The Labute approximate surface area is 291 Å². The van der Waals surface area contributed by atoms with Crippen molar-refractivity contribution in [1.29, 1.82) is 0 Å². The van der Waals surface area contributed by atoms with Crippen LogP contribution >= 0.6 is 11.3 Å². The van der Waals surface area contributed by atoms with Gasteiger partial charge in [-0.25, -0.2) is 0 Å². The van der Waals surface area contributed by atoms with E-state index in [0.29, 0.717) is 0 Å². The zero-order chi connectivity index (χ0) is 32.8. The molecule has 0 bridgehead atoms. The lowest BCUT2D eigenvalue weighted by Gasteiger charge is -2.27. The summed E-state index contributed by atoms with van der Waals surface area (Å²) < 4.78 is 11.3. The van der Waals surface area contributed by atoms with E-state index in [1.807, 2.05) is 23.5 Å². The predicted octanol–water partition coefficient (Wildman–Crippen LogP) is 13.7. The van der Waals surface area contributed by atoms with Gasteiger partial charge in [0.2, 0.25) is 0 Å². The second-order valence-corrected chi connectivity index (χ2v) is 14.0. The molecule has 0 N–H and O–H groups in total. The quantitative estimate of drug-likeness (QED) is 0.188. The SMILES string of the molecule is c1ccc(-n2c3ccccc3c3c(N(c4ccc5cc6c(cc5c4)oc4ccccc46)c4cccc5c4sc4ccccc45)cccc32)cc1. The molecule has 11 aromatic rings. The van der Waals surface area contributed by atoms with Crippen LogP contribution in [0.2, 0.25) is 0 Å². The van der Waals surface area contributed by atoms with Gasteiger partial charge in [0.25, 0.3) is 0 Å². The maximum Gasteiger partial charge on any atom is 0.136 e. The van der Waals surface area contributed by atoms with Gasteiger partial charge in [-0.15, -0.1) is 11.3 Å². The van der Waals surface area contributed by atoms with Crippen LogP contribution in [0.3, 0.4) is 0 Å². The average Bonchev–Trinajstić information content (AvgIpc) is 3.84. The number of thiophene rings is 1. The van der Waals surface area contributed by atoms with Crippen LogP contribution in [0.15, 0.2) is 174 Å². The molecule has 0 radical (unpaired) electrons. The largest absolute Gasteiger partial charge is 0.456 e. The molecule has 0 amide bonds. The van der Waals surface area contributed by atoms with Gasteiger partial charge in [0.1, 0.15) is 11.2 Å². The molecule has 3 heterocycles. The number of furan rings is 1. The first-order chi connectivity index (χ1) is 24.8. The number of benzene rings is 8. The molecule has 0 saturated carbocycles. The first kappa shape index (κ1) is 27.6. The Bertz CT molecular complexity index is 3110. The highest BCUT2D eigenvalue weighted by atomic mass is 32.1.